The van der Waals surface area contributed by atoms with Crippen LogP contribution in [0.15, 0.2) is 114 Å². The molecule has 0 heterocycles. The molecule has 0 atom stereocenters. The highest BCUT2D eigenvalue weighted by Crippen LogP contribution is 2.32. The fraction of sp³-hybridized carbons (Fsp3) is 0.0370. The molecule has 6 heteroatoms. The normalized spacial score (nSPS) is 11.0. The summed E-state index contributed by atoms with van der Waals surface area (Å²) in [6, 6.07) is 31.4. The number of amides is 2. The smallest absolute Gasteiger partial charge is 0.265 e. The van der Waals surface area contributed by atoms with Gasteiger partial charge in [0.1, 0.15) is 0 Å². The maximum absolute atomic E-state index is 13.5. The molecule has 0 aliphatic rings. The van der Waals surface area contributed by atoms with Crippen molar-refractivity contribution >= 4 is 39.1 Å². The van der Waals surface area contributed by atoms with E-state index in [0.717, 1.165) is 4.47 Å². The van der Waals surface area contributed by atoms with Gasteiger partial charge < -0.3 is 15.7 Å². The Balaban J connectivity index is 1.68. The van der Waals surface area contributed by atoms with Crippen molar-refractivity contribution in [1.29, 1.82) is 0 Å². The highest BCUT2D eigenvalue weighted by atomic mass is 79.9. The van der Waals surface area contributed by atoms with E-state index in [1.807, 2.05) is 30.3 Å². The lowest BCUT2D eigenvalue weighted by molar-refractivity contribution is -0.131. The minimum absolute atomic E-state index is 0.269. The number of aliphatic hydroxyl groups is 1. The third-order valence-corrected chi connectivity index (χ3v) is 5.95. The SMILES string of the molecule is O=C(Nc1ccccc1Br)c1ccccc1NC(=O)C(O)(c1ccccc1)c1ccccc1. The van der Waals surface area contributed by atoms with Crippen LogP contribution in [0.25, 0.3) is 0 Å². The Kier molecular flexibility index (Phi) is 6.68. The number of para-hydroxylation sites is 2. The molecule has 0 spiro atoms. The van der Waals surface area contributed by atoms with Crippen molar-refractivity contribution in [3.8, 4) is 0 Å². The second kappa shape index (κ2) is 9.81. The predicted octanol–water partition coefficient (Wildman–Crippen LogP) is 5.58. The van der Waals surface area contributed by atoms with Gasteiger partial charge in [0.2, 0.25) is 0 Å². The van der Waals surface area contributed by atoms with Crippen molar-refractivity contribution in [3.63, 3.8) is 0 Å². The van der Waals surface area contributed by atoms with E-state index in [4.69, 9.17) is 0 Å². The van der Waals surface area contributed by atoms with Crippen LogP contribution in [0.2, 0.25) is 0 Å². The molecule has 0 aliphatic heterocycles. The van der Waals surface area contributed by atoms with Gasteiger partial charge in [0, 0.05) is 4.47 Å². The summed E-state index contributed by atoms with van der Waals surface area (Å²) in [5.74, 6) is -1.05. The minimum atomic E-state index is -1.95. The quantitative estimate of drug-likeness (QED) is 0.323. The first-order valence-electron chi connectivity index (χ1n) is 10.3. The molecule has 0 aliphatic carbocycles. The molecule has 5 nitrogen and oxygen atoms in total. The number of anilines is 2. The number of hydrogen-bond acceptors (Lipinski definition) is 3. The molecule has 0 saturated heterocycles. The number of hydrogen-bond donors (Lipinski definition) is 3. The molecule has 0 saturated carbocycles. The maximum Gasteiger partial charge on any atom is 0.265 e. The van der Waals surface area contributed by atoms with Crippen molar-refractivity contribution in [2.45, 2.75) is 5.60 Å². The molecule has 3 N–H and O–H groups in total. The van der Waals surface area contributed by atoms with E-state index in [-0.39, 0.29) is 17.2 Å². The minimum Gasteiger partial charge on any atom is -0.372 e. The van der Waals surface area contributed by atoms with Gasteiger partial charge in [0.25, 0.3) is 11.8 Å². The Labute approximate surface area is 200 Å². The van der Waals surface area contributed by atoms with E-state index >= 15 is 0 Å². The molecule has 0 unspecified atom stereocenters. The molecular weight excluding hydrogens is 480 g/mol. The number of benzene rings is 4. The summed E-state index contributed by atoms with van der Waals surface area (Å²) in [6.45, 7) is 0. The van der Waals surface area contributed by atoms with E-state index < -0.39 is 11.5 Å². The molecule has 33 heavy (non-hydrogen) atoms. The standard InChI is InChI=1S/C27H21BrN2O3/c28-22-16-8-10-18-24(22)29-25(31)21-15-7-9-17-23(21)30-26(32)27(33,19-11-3-1-4-12-19)20-13-5-2-6-14-20/h1-18,33H,(H,29,31)(H,30,32). The lowest BCUT2D eigenvalue weighted by Gasteiger charge is -2.28. The first-order valence-corrected chi connectivity index (χ1v) is 11.1. The van der Waals surface area contributed by atoms with Gasteiger partial charge in [0.05, 0.1) is 16.9 Å². The van der Waals surface area contributed by atoms with Crippen LogP contribution >= 0.6 is 15.9 Å². The Morgan fingerprint density at radius 1 is 0.636 bits per heavy atom. The van der Waals surface area contributed by atoms with Crippen molar-refractivity contribution in [3.05, 3.63) is 130 Å². The summed E-state index contributed by atoms with van der Waals surface area (Å²) in [5.41, 5.74) is 0.0537. The Morgan fingerprint density at radius 3 is 1.70 bits per heavy atom. The van der Waals surface area contributed by atoms with Crippen molar-refractivity contribution < 1.29 is 14.7 Å². The molecule has 4 aromatic rings. The van der Waals surface area contributed by atoms with Gasteiger partial charge in [-0.05, 0) is 51.3 Å². The Morgan fingerprint density at radius 2 is 1.12 bits per heavy atom. The fourth-order valence-corrected chi connectivity index (χ4v) is 3.93. The van der Waals surface area contributed by atoms with E-state index in [2.05, 4.69) is 26.6 Å². The number of halogens is 1. The molecule has 164 valence electrons. The average Bonchev–Trinajstić information content (AvgIpc) is 2.86. The van der Waals surface area contributed by atoms with Crippen molar-refractivity contribution in [1.82, 2.24) is 0 Å². The number of carbonyl (C=O) groups is 2. The molecule has 0 fully saturated rings. The highest BCUT2D eigenvalue weighted by Gasteiger charge is 2.40. The van der Waals surface area contributed by atoms with Gasteiger partial charge in [-0.15, -0.1) is 0 Å². The topological polar surface area (TPSA) is 78.4 Å². The van der Waals surface area contributed by atoms with Crippen LogP contribution in [0.4, 0.5) is 11.4 Å². The van der Waals surface area contributed by atoms with E-state index in [1.54, 1.807) is 78.9 Å². The number of carbonyl (C=O) groups excluding carboxylic acids is 2. The first kappa shape index (κ1) is 22.5. The van der Waals surface area contributed by atoms with Gasteiger partial charge in [-0.1, -0.05) is 84.9 Å². The molecule has 4 rings (SSSR count). The molecule has 0 bridgehead atoms. The first-order chi connectivity index (χ1) is 16.0. The number of nitrogens with one attached hydrogen (secondary N) is 2. The second-order valence-electron chi connectivity index (χ2n) is 7.38. The van der Waals surface area contributed by atoms with Crippen LogP contribution in [0.3, 0.4) is 0 Å². The van der Waals surface area contributed by atoms with Crippen LogP contribution in [0, 0.1) is 0 Å². The lowest BCUT2D eigenvalue weighted by Crippen LogP contribution is -2.41. The molecule has 2 amide bonds. The molecule has 0 aromatic heterocycles. The van der Waals surface area contributed by atoms with E-state index in [1.165, 1.54) is 0 Å². The maximum atomic E-state index is 13.5. The van der Waals surface area contributed by atoms with E-state index in [9.17, 15) is 14.7 Å². The lowest BCUT2D eigenvalue weighted by atomic mass is 9.85. The molecular formula is C27H21BrN2O3. The summed E-state index contributed by atoms with van der Waals surface area (Å²) in [5, 5.41) is 17.3. The predicted molar refractivity (Wildman–Crippen MR) is 133 cm³/mol. The summed E-state index contributed by atoms with van der Waals surface area (Å²) >= 11 is 3.42. The highest BCUT2D eigenvalue weighted by molar-refractivity contribution is 9.10. The Hall–Kier alpha value is -3.74. The zero-order valence-corrected chi connectivity index (χ0v) is 19.1. The average molecular weight is 501 g/mol. The van der Waals surface area contributed by atoms with Gasteiger partial charge in [0.15, 0.2) is 5.60 Å². The summed E-state index contributed by atoms with van der Waals surface area (Å²) in [4.78, 5) is 26.5. The van der Waals surface area contributed by atoms with Crippen LogP contribution in [0.1, 0.15) is 21.5 Å². The van der Waals surface area contributed by atoms with Crippen LogP contribution in [0.5, 0.6) is 0 Å². The van der Waals surface area contributed by atoms with Crippen LogP contribution in [-0.4, -0.2) is 16.9 Å². The molecule has 0 radical (unpaired) electrons. The zero-order valence-electron chi connectivity index (χ0n) is 17.5. The van der Waals surface area contributed by atoms with Gasteiger partial charge in [-0.3, -0.25) is 9.59 Å². The second-order valence-corrected chi connectivity index (χ2v) is 8.23. The van der Waals surface area contributed by atoms with Gasteiger partial charge in [-0.2, -0.15) is 0 Å². The van der Waals surface area contributed by atoms with E-state index in [0.29, 0.717) is 16.8 Å². The molecule has 4 aromatic carbocycles. The third kappa shape index (κ3) is 4.72. The van der Waals surface area contributed by atoms with Crippen LogP contribution in [-0.2, 0) is 10.4 Å². The van der Waals surface area contributed by atoms with Gasteiger partial charge >= 0.3 is 0 Å². The van der Waals surface area contributed by atoms with Gasteiger partial charge in [-0.25, -0.2) is 0 Å². The van der Waals surface area contributed by atoms with Crippen molar-refractivity contribution in [2.24, 2.45) is 0 Å². The summed E-state index contributed by atoms with van der Waals surface area (Å²) < 4.78 is 0.738. The summed E-state index contributed by atoms with van der Waals surface area (Å²) in [7, 11) is 0. The van der Waals surface area contributed by atoms with Crippen LogP contribution < -0.4 is 10.6 Å². The largest absolute Gasteiger partial charge is 0.372 e. The Bertz CT molecular complexity index is 1240. The monoisotopic (exact) mass is 500 g/mol. The van der Waals surface area contributed by atoms with Crippen molar-refractivity contribution in [2.75, 3.05) is 10.6 Å². The number of rotatable bonds is 6. The zero-order chi connectivity index (χ0) is 23.3. The third-order valence-electron chi connectivity index (χ3n) is 5.25. The fourth-order valence-electron chi connectivity index (χ4n) is 3.54. The summed E-state index contributed by atoms with van der Waals surface area (Å²) in [6.07, 6.45) is 0.